The van der Waals surface area contributed by atoms with Gasteiger partial charge in [-0.05, 0) is 63.4 Å². The molecule has 2 atom stereocenters. The number of aryl methyl sites for hydroxylation is 2. The maximum Gasteiger partial charge on any atom is 0.233 e. The van der Waals surface area contributed by atoms with Crippen LogP contribution >= 0.6 is 15.9 Å². The summed E-state index contributed by atoms with van der Waals surface area (Å²) in [5.41, 5.74) is 4.38. The molecule has 29 heavy (non-hydrogen) atoms. The van der Waals surface area contributed by atoms with E-state index in [4.69, 9.17) is 0 Å². The van der Waals surface area contributed by atoms with Crippen LogP contribution in [0.25, 0.3) is 5.69 Å². The Bertz CT molecular complexity index is 1040. The standard InChI is InChI=1S/C23H23BrN2O3/c1-13-10-16(8-9-20(13)24)26-14(2)11-19(15(26)3)21(27)12-25-22(28)17-6-4-5-7-18(17)23(25)29/h4-5,8-11,17-18H,6-7,12H2,1-3H3. The lowest BCUT2D eigenvalue weighted by Gasteiger charge is -2.14. The number of rotatable bonds is 4. The fraction of sp³-hybridized carbons (Fsp3) is 0.348. The Labute approximate surface area is 178 Å². The van der Waals surface area contributed by atoms with Gasteiger partial charge in [0.25, 0.3) is 0 Å². The average Bonchev–Trinajstić information content (AvgIpc) is 3.13. The van der Waals surface area contributed by atoms with Gasteiger partial charge in [-0.2, -0.15) is 0 Å². The van der Waals surface area contributed by atoms with E-state index in [0.717, 1.165) is 27.1 Å². The second kappa shape index (κ2) is 7.41. The van der Waals surface area contributed by atoms with Gasteiger partial charge in [-0.25, -0.2) is 0 Å². The van der Waals surface area contributed by atoms with Gasteiger partial charge in [0.1, 0.15) is 0 Å². The van der Waals surface area contributed by atoms with Gasteiger partial charge in [-0.1, -0.05) is 28.1 Å². The van der Waals surface area contributed by atoms with Gasteiger partial charge in [-0.15, -0.1) is 0 Å². The van der Waals surface area contributed by atoms with E-state index in [1.807, 2.05) is 55.7 Å². The van der Waals surface area contributed by atoms with E-state index in [0.29, 0.717) is 18.4 Å². The van der Waals surface area contributed by atoms with Crippen molar-refractivity contribution in [2.75, 3.05) is 6.54 Å². The molecule has 0 spiro atoms. The van der Waals surface area contributed by atoms with Crippen LogP contribution in [-0.4, -0.2) is 33.6 Å². The highest BCUT2D eigenvalue weighted by atomic mass is 79.9. The van der Waals surface area contributed by atoms with Crippen molar-refractivity contribution in [2.24, 2.45) is 11.8 Å². The molecule has 2 unspecified atom stereocenters. The van der Waals surface area contributed by atoms with Crippen LogP contribution in [0.1, 0.15) is 40.2 Å². The van der Waals surface area contributed by atoms with Crippen LogP contribution in [0.2, 0.25) is 0 Å². The third-order valence-electron chi connectivity index (χ3n) is 6.03. The molecule has 150 valence electrons. The molecule has 2 aliphatic rings. The molecule has 1 fully saturated rings. The van der Waals surface area contributed by atoms with Crippen molar-refractivity contribution in [3.63, 3.8) is 0 Å². The van der Waals surface area contributed by atoms with Crippen molar-refractivity contribution in [1.82, 2.24) is 9.47 Å². The van der Waals surface area contributed by atoms with Gasteiger partial charge in [0.05, 0.1) is 18.4 Å². The third kappa shape index (κ3) is 3.29. The molecule has 0 N–H and O–H groups in total. The van der Waals surface area contributed by atoms with Crippen molar-refractivity contribution >= 4 is 33.5 Å². The molecular formula is C23H23BrN2O3. The molecule has 1 aromatic heterocycles. The number of allylic oxidation sites excluding steroid dienone is 2. The van der Waals surface area contributed by atoms with E-state index in [2.05, 4.69) is 22.0 Å². The van der Waals surface area contributed by atoms with Crippen molar-refractivity contribution in [1.29, 1.82) is 0 Å². The summed E-state index contributed by atoms with van der Waals surface area (Å²) < 4.78 is 3.06. The predicted octanol–water partition coefficient (Wildman–Crippen LogP) is 4.30. The number of halogens is 1. The molecule has 0 radical (unpaired) electrons. The number of benzene rings is 1. The van der Waals surface area contributed by atoms with Crippen molar-refractivity contribution in [3.05, 3.63) is 63.4 Å². The van der Waals surface area contributed by atoms with E-state index in [1.54, 1.807) is 0 Å². The van der Waals surface area contributed by atoms with Crippen LogP contribution in [0.15, 0.2) is 40.9 Å². The van der Waals surface area contributed by atoms with Gasteiger partial charge in [0.15, 0.2) is 5.78 Å². The van der Waals surface area contributed by atoms with Crippen LogP contribution in [0.3, 0.4) is 0 Å². The maximum absolute atomic E-state index is 13.1. The zero-order chi connectivity index (χ0) is 20.9. The van der Waals surface area contributed by atoms with E-state index in [9.17, 15) is 14.4 Å². The molecule has 2 heterocycles. The molecule has 6 heteroatoms. The lowest BCUT2D eigenvalue weighted by atomic mass is 9.85. The number of likely N-dealkylation sites (tertiary alicyclic amines) is 1. The molecule has 1 aliphatic carbocycles. The smallest absolute Gasteiger partial charge is 0.233 e. The number of amides is 2. The number of Topliss-reactive ketones (excluding diaryl/α,β-unsaturated/α-hetero) is 1. The summed E-state index contributed by atoms with van der Waals surface area (Å²) in [4.78, 5) is 39.6. The highest BCUT2D eigenvalue weighted by molar-refractivity contribution is 9.10. The van der Waals surface area contributed by atoms with Crippen LogP contribution < -0.4 is 0 Å². The van der Waals surface area contributed by atoms with Crippen LogP contribution in [0.5, 0.6) is 0 Å². The first-order valence-electron chi connectivity index (χ1n) is 9.78. The van der Waals surface area contributed by atoms with E-state index < -0.39 is 0 Å². The Hall–Kier alpha value is -2.47. The first kappa shape index (κ1) is 19.8. The molecule has 1 aromatic carbocycles. The van der Waals surface area contributed by atoms with Gasteiger partial charge < -0.3 is 4.57 Å². The van der Waals surface area contributed by atoms with Crippen LogP contribution in [0.4, 0.5) is 0 Å². The first-order chi connectivity index (χ1) is 13.8. The highest BCUT2D eigenvalue weighted by Gasteiger charge is 2.47. The average molecular weight is 455 g/mol. The third-order valence-corrected chi connectivity index (χ3v) is 6.92. The Kier molecular flexibility index (Phi) is 5.07. The highest BCUT2D eigenvalue weighted by Crippen LogP contribution is 2.35. The number of aromatic nitrogens is 1. The first-order valence-corrected chi connectivity index (χ1v) is 10.6. The lowest BCUT2D eigenvalue weighted by molar-refractivity contribution is -0.139. The summed E-state index contributed by atoms with van der Waals surface area (Å²) in [6.45, 7) is 5.68. The maximum atomic E-state index is 13.1. The zero-order valence-corrected chi connectivity index (χ0v) is 18.3. The van der Waals surface area contributed by atoms with E-state index >= 15 is 0 Å². The monoisotopic (exact) mass is 454 g/mol. The number of fused-ring (bicyclic) bond motifs is 1. The Balaban J connectivity index is 1.61. The van der Waals surface area contributed by atoms with Crippen molar-refractivity contribution < 1.29 is 14.4 Å². The quantitative estimate of drug-likeness (QED) is 0.393. The molecular weight excluding hydrogens is 432 g/mol. The van der Waals surface area contributed by atoms with Gasteiger partial charge >= 0.3 is 0 Å². The number of hydrogen-bond donors (Lipinski definition) is 0. The molecule has 1 aliphatic heterocycles. The minimum absolute atomic E-state index is 0.186. The zero-order valence-electron chi connectivity index (χ0n) is 16.7. The second-order valence-electron chi connectivity index (χ2n) is 7.90. The Morgan fingerprint density at radius 2 is 1.66 bits per heavy atom. The van der Waals surface area contributed by atoms with E-state index in [1.165, 1.54) is 4.90 Å². The summed E-state index contributed by atoms with van der Waals surface area (Å²) in [6.07, 6.45) is 5.06. The normalized spacial score (nSPS) is 21.0. The van der Waals surface area contributed by atoms with Crippen molar-refractivity contribution in [3.8, 4) is 5.69 Å². The molecule has 1 saturated heterocycles. The number of carbonyl (C=O) groups excluding carboxylic acids is 3. The second-order valence-corrected chi connectivity index (χ2v) is 8.75. The molecule has 5 nitrogen and oxygen atoms in total. The fourth-order valence-corrected chi connectivity index (χ4v) is 4.71. The molecule has 0 bridgehead atoms. The summed E-state index contributed by atoms with van der Waals surface area (Å²) in [6, 6.07) is 7.89. The number of carbonyl (C=O) groups is 3. The molecule has 4 rings (SSSR count). The summed E-state index contributed by atoms with van der Waals surface area (Å²) >= 11 is 3.52. The minimum Gasteiger partial charge on any atom is -0.318 e. The number of hydrogen-bond acceptors (Lipinski definition) is 3. The Morgan fingerprint density at radius 3 is 2.24 bits per heavy atom. The number of imide groups is 1. The summed E-state index contributed by atoms with van der Waals surface area (Å²) in [5, 5.41) is 0. The van der Waals surface area contributed by atoms with Gasteiger partial charge in [0, 0.05) is 27.1 Å². The van der Waals surface area contributed by atoms with Gasteiger partial charge in [-0.3, -0.25) is 19.3 Å². The van der Waals surface area contributed by atoms with Crippen molar-refractivity contribution in [2.45, 2.75) is 33.6 Å². The summed E-state index contributed by atoms with van der Waals surface area (Å²) in [7, 11) is 0. The lowest BCUT2D eigenvalue weighted by Crippen LogP contribution is -2.36. The molecule has 2 aromatic rings. The number of ketones is 1. The largest absolute Gasteiger partial charge is 0.318 e. The molecule has 2 amide bonds. The predicted molar refractivity (Wildman–Crippen MR) is 114 cm³/mol. The summed E-state index contributed by atoms with van der Waals surface area (Å²) in [5.74, 6) is -1.24. The van der Waals surface area contributed by atoms with E-state index in [-0.39, 0.29) is 36.0 Å². The van der Waals surface area contributed by atoms with Crippen LogP contribution in [-0.2, 0) is 9.59 Å². The Morgan fingerprint density at radius 1 is 1.03 bits per heavy atom. The fourth-order valence-electron chi connectivity index (χ4n) is 4.46. The molecule has 0 saturated carbocycles. The number of nitrogens with zero attached hydrogens (tertiary/aromatic N) is 2. The van der Waals surface area contributed by atoms with Crippen LogP contribution in [0, 0.1) is 32.6 Å². The van der Waals surface area contributed by atoms with Gasteiger partial charge in [0.2, 0.25) is 11.8 Å². The minimum atomic E-state index is -0.307. The topological polar surface area (TPSA) is 59.4 Å². The SMILES string of the molecule is Cc1cc(-n2c(C)cc(C(=O)CN3C(=O)C4CC=CCC4C3=O)c2C)ccc1Br.